The van der Waals surface area contributed by atoms with Crippen molar-refractivity contribution in [1.82, 2.24) is 9.97 Å². The first-order chi connectivity index (χ1) is 6.77. The fourth-order valence-corrected chi connectivity index (χ4v) is 2.24. The number of rotatable bonds is 2. The summed E-state index contributed by atoms with van der Waals surface area (Å²) in [5, 5.41) is 3.39. The molecule has 76 valence electrons. The number of hydrogen-bond acceptors (Lipinski definition) is 4. The molecule has 2 atom stereocenters. The van der Waals surface area contributed by atoms with Crippen LogP contribution in [-0.4, -0.2) is 16.0 Å². The number of hydrogen-bond donors (Lipinski definition) is 2. The summed E-state index contributed by atoms with van der Waals surface area (Å²) in [6, 6.07) is 0.467. The van der Waals surface area contributed by atoms with Gasteiger partial charge < -0.3 is 11.1 Å². The Bertz CT molecular complexity index is 337. The van der Waals surface area contributed by atoms with Crippen LogP contribution in [0.5, 0.6) is 0 Å². The van der Waals surface area contributed by atoms with Gasteiger partial charge in [-0.05, 0) is 12.8 Å². The van der Waals surface area contributed by atoms with Crippen LogP contribution in [0.3, 0.4) is 0 Å². The molecular weight excluding hydrogens is 176 g/mol. The predicted octanol–water partition coefficient (Wildman–Crippen LogP) is 1.76. The van der Waals surface area contributed by atoms with Crippen molar-refractivity contribution in [3.63, 3.8) is 0 Å². The van der Waals surface area contributed by atoms with E-state index in [4.69, 9.17) is 5.73 Å². The van der Waals surface area contributed by atoms with Gasteiger partial charge in [0.05, 0.1) is 0 Å². The minimum absolute atomic E-state index is 0.467. The van der Waals surface area contributed by atoms with Gasteiger partial charge >= 0.3 is 0 Å². The van der Waals surface area contributed by atoms with Crippen LogP contribution in [0.25, 0.3) is 0 Å². The molecule has 1 aliphatic rings. The van der Waals surface area contributed by atoms with Crippen LogP contribution in [0.15, 0.2) is 6.33 Å². The average Bonchev–Trinajstić information content (AvgIpc) is 2.56. The van der Waals surface area contributed by atoms with Gasteiger partial charge in [0.25, 0.3) is 0 Å². The molecule has 0 bridgehead atoms. The highest BCUT2D eigenvalue weighted by molar-refractivity contribution is 5.62. The fraction of sp³-hybridized carbons (Fsp3) is 0.600. The monoisotopic (exact) mass is 192 g/mol. The third-order valence-electron chi connectivity index (χ3n) is 2.97. The van der Waals surface area contributed by atoms with Crippen LogP contribution >= 0.6 is 0 Å². The molecule has 0 spiro atoms. The van der Waals surface area contributed by atoms with E-state index in [1.54, 1.807) is 0 Å². The molecule has 4 nitrogen and oxygen atoms in total. The van der Waals surface area contributed by atoms with E-state index in [9.17, 15) is 0 Å². The zero-order valence-electron chi connectivity index (χ0n) is 8.62. The first kappa shape index (κ1) is 9.24. The van der Waals surface area contributed by atoms with Gasteiger partial charge in [0.2, 0.25) is 0 Å². The van der Waals surface area contributed by atoms with Crippen molar-refractivity contribution in [2.45, 2.75) is 38.6 Å². The van der Waals surface area contributed by atoms with Crippen molar-refractivity contribution in [3.8, 4) is 0 Å². The highest BCUT2D eigenvalue weighted by atomic mass is 15.1. The molecule has 0 fully saturated rings. The largest absolute Gasteiger partial charge is 0.383 e. The molecule has 14 heavy (non-hydrogen) atoms. The predicted molar refractivity (Wildman–Crippen MR) is 57.2 cm³/mol. The second-order valence-electron chi connectivity index (χ2n) is 3.70. The summed E-state index contributed by atoms with van der Waals surface area (Å²) in [5.41, 5.74) is 6.98. The molecule has 0 saturated heterocycles. The summed E-state index contributed by atoms with van der Waals surface area (Å²) in [7, 11) is 0. The third kappa shape index (κ3) is 1.22. The van der Waals surface area contributed by atoms with Crippen molar-refractivity contribution in [2.24, 2.45) is 0 Å². The Morgan fingerprint density at radius 2 is 2.14 bits per heavy atom. The number of nitrogen functional groups attached to an aromatic ring is 1. The van der Waals surface area contributed by atoms with E-state index in [0.29, 0.717) is 17.8 Å². The van der Waals surface area contributed by atoms with Gasteiger partial charge in [-0.3, -0.25) is 0 Å². The number of anilines is 2. The molecule has 1 aromatic rings. The molecule has 0 aromatic carbocycles. The van der Waals surface area contributed by atoms with E-state index >= 15 is 0 Å². The van der Waals surface area contributed by atoms with Crippen molar-refractivity contribution in [3.05, 3.63) is 11.9 Å². The van der Waals surface area contributed by atoms with Crippen molar-refractivity contribution < 1.29 is 0 Å². The normalized spacial score (nSPS) is 24.4. The lowest BCUT2D eigenvalue weighted by molar-refractivity contribution is 0.563. The van der Waals surface area contributed by atoms with Crippen LogP contribution in [0.4, 0.5) is 11.6 Å². The topological polar surface area (TPSA) is 63.8 Å². The summed E-state index contributed by atoms with van der Waals surface area (Å²) >= 11 is 0. The van der Waals surface area contributed by atoms with Gasteiger partial charge in [-0.25, -0.2) is 9.97 Å². The number of aromatic nitrogens is 2. The van der Waals surface area contributed by atoms with Gasteiger partial charge in [0, 0.05) is 17.5 Å². The standard InChI is InChI=1S/C10H16N4/c1-3-6-7(4-2)14-10-8(6)9(11)12-5-13-10/h5-7H,3-4H2,1-2H3,(H3,11,12,13,14). The van der Waals surface area contributed by atoms with Gasteiger partial charge in [-0.2, -0.15) is 0 Å². The lowest BCUT2D eigenvalue weighted by atomic mass is 9.92. The van der Waals surface area contributed by atoms with Crippen LogP contribution in [0, 0.1) is 0 Å². The van der Waals surface area contributed by atoms with Gasteiger partial charge in [0.15, 0.2) is 0 Å². The van der Waals surface area contributed by atoms with E-state index in [1.807, 2.05) is 0 Å². The average molecular weight is 192 g/mol. The smallest absolute Gasteiger partial charge is 0.135 e. The van der Waals surface area contributed by atoms with Gasteiger partial charge in [-0.1, -0.05) is 13.8 Å². The van der Waals surface area contributed by atoms with Crippen LogP contribution < -0.4 is 11.1 Å². The first-order valence-corrected chi connectivity index (χ1v) is 5.14. The van der Waals surface area contributed by atoms with Crippen molar-refractivity contribution >= 4 is 11.6 Å². The quantitative estimate of drug-likeness (QED) is 0.749. The summed E-state index contributed by atoms with van der Waals surface area (Å²) in [5.74, 6) is 2.03. The van der Waals surface area contributed by atoms with Crippen LogP contribution in [0.2, 0.25) is 0 Å². The second kappa shape index (κ2) is 3.44. The zero-order valence-corrected chi connectivity index (χ0v) is 8.62. The highest BCUT2D eigenvalue weighted by Crippen LogP contribution is 2.40. The maximum Gasteiger partial charge on any atom is 0.135 e. The molecular formula is C10H16N4. The lowest BCUT2D eigenvalue weighted by Crippen LogP contribution is -2.19. The second-order valence-corrected chi connectivity index (χ2v) is 3.70. The number of fused-ring (bicyclic) bond motifs is 1. The van der Waals surface area contributed by atoms with E-state index in [0.717, 1.165) is 24.2 Å². The lowest BCUT2D eigenvalue weighted by Gasteiger charge is -2.16. The van der Waals surface area contributed by atoms with Crippen LogP contribution in [0.1, 0.15) is 38.2 Å². The van der Waals surface area contributed by atoms with Gasteiger partial charge in [-0.15, -0.1) is 0 Å². The molecule has 0 amide bonds. The molecule has 0 saturated carbocycles. The van der Waals surface area contributed by atoms with E-state index < -0.39 is 0 Å². The molecule has 0 aliphatic carbocycles. The molecule has 0 radical (unpaired) electrons. The van der Waals surface area contributed by atoms with E-state index in [2.05, 4.69) is 29.1 Å². The Balaban J connectivity index is 2.43. The van der Waals surface area contributed by atoms with Crippen molar-refractivity contribution in [1.29, 1.82) is 0 Å². The Hall–Kier alpha value is -1.32. The number of nitrogens with zero attached hydrogens (tertiary/aromatic N) is 2. The molecule has 1 aliphatic heterocycles. The number of nitrogens with one attached hydrogen (secondary N) is 1. The SMILES string of the molecule is CCC1Nc2ncnc(N)c2C1CC. The minimum Gasteiger partial charge on any atom is -0.383 e. The molecule has 4 heteroatoms. The maximum absolute atomic E-state index is 5.86. The summed E-state index contributed by atoms with van der Waals surface area (Å²) in [4.78, 5) is 8.26. The summed E-state index contributed by atoms with van der Waals surface area (Å²) in [6.45, 7) is 4.35. The van der Waals surface area contributed by atoms with Crippen LogP contribution in [-0.2, 0) is 0 Å². The highest BCUT2D eigenvalue weighted by Gasteiger charge is 2.32. The maximum atomic E-state index is 5.86. The fourth-order valence-electron chi connectivity index (χ4n) is 2.24. The third-order valence-corrected chi connectivity index (χ3v) is 2.97. The molecule has 2 unspecified atom stereocenters. The first-order valence-electron chi connectivity index (χ1n) is 5.14. The Kier molecular flexibility index (Phi) is 2.27. The zero-order chi connectivity index (χ0) is 10.1. The number of nitrogens with two attached hydrogens (primary N) is 1. The van der Waals surface area contributed by atoms with Gasteiger partial charge in [0.1, 0.15) is 18.0 Å². The van der Waals surface area contributed by atoms with E-state index in [-0.39, 0.29) is 0 Å². The minimum atomic E-state index is 0.467. The Morgan fingerprint density at radius 1 is 1.36 bits per heavy atom. The molecule has 3 N–H and O–H groups in total. The molecule has 1 aromatic heterocycles. The Morgan fingerprint density at radius 3 is 2.79 bits per heavy atom. The summed E-state index contributed by atoms with van der Waals surface area (Å²) in [6.07, 6.45) is 3.69. The Labute approximate surface area is 83.9 Å². The summed E-state index contributed by atoms with van der Waals surface area (Å²) < 4.78 is 0. The molecule has 2 heterocycles. The molecule has 2 rings (SSSR count). The van der Waals surface area contributed by atoms with Crippen molar-refractivity contribution in [2.75, 3.05) is 11.1 Å². The van der Waals surface area contributed by atoms with E-state index in [1.165, 1.54) is 6.33 Å².